The van der Waals surface area contributed by atoms with Crippen LogP contribution >= 0.6 is 0 Å². The summed E-state index contributed by atoms with van der Waals surface area (Å²) in [6.45, 7) is 0. The first-order chi connectivity index (χ1) is 7.29. The number of hydrogen-bond acceptors (Lipinski definition) is 2. The topological polar surface area (TPSA) is 47.6 Å². The van der Waals surface area contributed by atoms with Crippen LogP contribution in [0.3, 0.4) is 0 Å². The Bertz CT molecular complexity index is 457. The van der Waals surface area contributed by atoms with Crippen molar-refractivity contribution in [2.45, 2.75) is 12.8 Å². The number of allylic oxidation sites excluding steroid dienone is 2. The zero-order valence-corrected chi connectivity index (χ0v) is 8.27. The molecule has 2 nitrogen and oxygen atoms in total. The van der Waals surface area contributed by atoms with Crippen LogP contribution in [0.15, 0.2) is 36.4 Å². The minimum atomic E-state index is -0.828. The van der Waals surface area contributed by atoms with E-state index in [1.54, 1.807) is 0 Å². The smallest absolute Gasteiger partial charge is 0.151 e. The molecular formula is C13H10N2. The molecular weight excluding hydrogens is 184 g/mol. The van der Waals surface area contributed by atoms with Crippen molar-refractivity contribution in [3.8, 4) is 12.1 Å². The van der Waals surface area contributed by atoms with Crippen LogP contribution in [0.5, 0.6) is 0 Å². The molecule has 1 aliphatic carbocycles. The average Bonchev–Trinajstić information content (AvgIpc) is 2.75. The molecule has 1 aromatic rings. The molecule has 2 rings (SSSR count). The highest BCUT2D eigenvalue weighted by Gasteiger charge is 2.35. The molecule has 72 valence electrons. The fourth-order valence-corrected chi connectivity index (χ4v) is 1.83. The molecule has 0 heterocycles. The second-order valence-corrected chi connectivity index (χ2v) is 3.78. The molecule has 0 amide bonds. The van der Waals surface area contributed by atoms with Crippen molar-refractivity contribution >= 4 is 5.57 Å². The van der Waals surface area contributed by atoms with Gasteiger partial charge in [0.2, 0.25) is 0 Å². The maximum atomic E-state index is 8.98. The van der Waals surface area contributed by atoms with Crippen LogP contribution in [0, 0.1) is 28.1 Å². The van der Waals surface area contributed by atoms with Gasteiger partial charge in [0.15, 0.2) is 5.41 Å². The van der Waals surface area contributed by atoms with Crippen molar-refractivity contribution in [1.82, 2.24) is 0 Å². The number of benzene rings is 1. The van der Waals surface area contributed by atoms with Crippen LogP contribution in [0.2, 0.25) is 0 Å². The molecule has 0 spiro atoms. The lowest BCUT2D eigenvalue weighted by atomic mass is 9.87. The summed E-state index contributed by atoms with van der Waals surface area (Å²) >= 11 is 0. The second kappa shape index (κ2) is 3.59. The Morgan fingerprint density at radius 1 is 1.07 bits per heavy atom. The van der Waals surface area contributed by atoms with Gasteiger partial charge >= 0.3 is 0 Å². The quantitative estimate of drug-likeness (QED) is 0.690. The predicted octanol–water partition coefficient (Wildman–Crippen LogP) is 2.90. The molecule has 15 heavy (non-hydrogen) atoms. The van der Waals surface area contributed by atoms with E-state index in [1.165, 1.54) is 0 Å². The standard InChI is InChI=1S/C13H10N2/c14-9-13(10-15)7-6-12(8-13)11-4-2-1-3-5-11/h1-6H,7-8H2. The van der Waals surface area contributed by atoms with Gasteiger partial charge in [-0.3, -0.25) is 0 Å². The van der Waals surface area contributed by atoms with E-state index in [0.29, 0.717) is 12.8 Å². The van der Waals surface area contributed by atoms with Crippen LogP contribution in [-0.4, -0.2) is 0 Å². The Hall–Kier alpha value is -2.06. The minimum absolute atomic E-state index is 0.546. The summed E-state index contributed by atoms with van der Waals surface area (Å²) in [6.07, 6.45) is 3.09. The van der Waals surface area contributed by atoms with E-state index in [1.807, 2.05) is 36.4 Å². The summed E-state index contributed by atoms with van der Waals surface area (Å²) in [7, 11) is 0. The van der Waals surface area contributed by atoms with Gasteiger partial charge < -0.3 is 0 Å². The summed E-state index contributed by atoms with van der Waals surface area (Å²) in [6, 6.07) is 14.1. The first-order valence-electron chi connectivity index (χ1n) is 4.87. The molecule has 0 atom stereocenters. The highest BCUT2D eigenvalue weighted by Crippen LogP contribution is 2.40. The molecule has 0 saturated heterocycles. The molecule has 2 heteroatoms. The number of nitriles is 2. The molecule has 1 aliphatic rings. The van der Waals surface area contributed by atoms with Crippen molar-refractivity contribution in [2.75, 3.05) is 0 Å². The Labute approximate surface area is 89.1 Å². The maximum Gasteiger partial charge on any atom is 0.151 e. The van der Waals surface area contributed by atoms with Crippen LogP contribution in [0.1, 0.15) is 18.4 Å². The zero-order chi connectivity index (χ0) is 10.7. The Morgan fingerprint density at radius 2 is 1.73 bits per heavy atom. The van der Waals surface area contributed by atoms with Gasteiger partial charge in [-0.15, -0.1) is 0 Å². The number of nitrogens with zero attached hydrogens (tertiary/aromatic N) is 2. The lowest BCUT2D eigenvalue weighted by molar-refractivity contribution is 0.574. The van der Waals surface area contributed by atoms with Gasteiger partial charge in [0, 0.05) is 6.42 Å². The number of hydrogen-bond donors (Lipinski definition) is 0. The monoisotopic (exact) mass is 194 g/mol. The second-order valence-electron chi connectivity index (χ2n) is 3.78. The van der Waals surface area contributed by atoms with Crippen LogP contribution in [0.4, 0.5) is 0 Å². The fourth-order valence-electron chi connectivity index (χ4n) is 1.83. The Morgan fingerprint density at radius 3 is 2.27 bits per heavy atom. The third-order valence-corrected chi connectivity index (χ3v) is 2.76. The van der Waals surface area contributed by atoms with Crippen LogP contribution in [-0.2, 0) is 0 Å². The van der Waals surface area contributed by atoms with Gasteiger partial charge in [0.1, 0.15) is 0 Å². The largest absolute Gasteiger partial charge is 0.197 e. The van der Waals surface area contributed by atoms with E-state index in [-0.39, 0.29) is 0 Å². The van der Waals surface area contributed by atoms with E-state index in [0.717, 1.165) is 11.1 Å². The maximum absolute atomic E-state index is 8.98. The van der Waals surface area contributed by atoms with E-state index >= 15 is 0 Å². The van der Waals surface area contributed by atoms with Crippen molar-refractivity contribution in [1.29, 1.82) is 10.5 Å². The lowest BCUT2D eigenvalue weighted by Crippen LogP contribution is -2.10. The van der Waals surface area contributed by atoms with Crippen LogP contribution < -0.4 is 0 Å². The molecule has 1 aromatic carbocycles. The van der Waals surface area contributed by atoms with Crippen molar-refractivity contribution < 1.29 is 0 Å². The van der Waals surface area contributed by atoms with Gasteiger partial charge in [-0.25, -0.2) is 0 Å². The molecule has 0 saturated carbocycles. The normalized spacial score (nSPS) is 17.6. The van der Waals surface area contributed by atoms with Crippen molar-refractivity contribution in [2.24, 2.45) is 5.41 Å². The average molecular weight is 194 g/mol. The zero-order valence-electron chi connectivity index (χ0n) is 8.27. The van der Waals surface area contributed by atoms with E-state index in [4.69, 9.17) is 10.5 Å². The lowest BCUT2D eigenvalue weighted by Gasteiger charge is -2.10. The summed E-state index contributed by atoms with van der Waals surface area (Å²) in [5, 5.41) is 18.0. The third-order valence-electron chi connectivity index (χ3n) is 2.76. The summed E-state index contributed by atoms with van der Waals surface area (Å²) in [4.78, 5) is 0. The highest BCUT2D eigenvalue weighted by molar-refractivity contribution is 5.69. The van der Waals surface area contributed by atoms with Gasteiger partial charge in [0.05, 0.1) is 12.1 Å². The van der Waals surface area contributed by atoms with Gasteiger partial charge in [0.25, 0.3) is 0 Å². The van der Waals surface area contributed by atoms with Gasteiger partial charge in [-0.1, -0.05) is 36.4 Å². The van der Waals surface area contributed by atoms with E-state index in [2.05, 4.69) is 12.1 Å². The third kappa shape index (κ3) is 1.63. The number of rotatable bonds is 1. The van der Waals surface area contributed by atoms with Gasteiger partial charge in [-0.05, 0) is 17.6 Å². The Balaban J connectivity index is 2.26. The highest BCUT2D eigenvalue weighted by atomic mass is 14.4. The minimum Gasteiger partial charge on any atom is -0.197 e. The summed E-state index contributed by atoms with van der Waals surface area (Å²) in [5.41, 5.74) is 1.40. The molecule has 0 N–H and O–H groups in total. The summed E-state index contributed by atoms with van der Waals surface area (Å²) in [5.74, 6) is 0. The van der Waals surface area contributed by atoms with E-state index < -0.39 is 5.41 Å². The SMILES string of the molecule is N#CC1(C#N)CC=C(c2ccccc2)C1. The van der Waals surface area contributed by atoms with Crippen LogP contribution in [0.25, 0.3) is 5.57 Å². The van der Waals surface area contributed by atoms with E-state index in [9.17, 15) is 0 Å². The van der Waals surface area contributed by atoms with Crippen molar-refractivity contribution in [3.63, 3.8) is 0 Å². The summed E-state index contributed by atoms with van der Waals surface area (Å²) < 4.78 is 0. The fraction of sp³-hybridized carbons (Fsp3) is 0.231. The Kier molecular flexibility index (Phi) is 2.27. The first kappa shape index (κ1) is 9.49. The molecule has 0 bridgehead atoms. The molecule has 0 radical (unpaired) electrons. The first-order valence-corrected chi connectivity index (χ1v) is 4.87. The molecule has 0 aliphatic heterocycles. The molecule has 0 unspecified atom stereocenters. The van der Waals surface area contributed by atoms with Gasteiger partial charge in [-0.2, -0.15) is 10.5 Å². The molecule has 0 aromatic heterocycles. The van der Waals surface area contributed by atoms with Crippen molar-refractivity contribution in [3.05, 3.63) is 42.0 Å². The molecule has 0 fully saturated rings. The predicted molar refractivity (Wildman–Crippen MR) is 57.3 cm³/mol.